The molecule has 0 aliphatic carbocycles. The minimum atomic E-state index is 0.0327. The third-order valence-corrected chi connectivity index (χ3v) is 2.99. The second-order valence-corrected chi connectivity index (χ2v) is 4.57. The van der Waals surface area contributed by atoms with Crippen LogP contribution in [0.15, 0.2) is 69.2 Å². The van der Waals surface area contributed by atoms with Gasteiger partial charge in [0, 0.05) is 29.6 Å². The lowest BCUT2D eigenvalue weighted by molar-refractivity contribution is -0.909. The first-order valence-electron chi connectivity index (χ1n) is 7.18. The lowest BCUT2D eigenvalue weighted by Crippen LogP contribution is -2.34. The lowest BCUT2D eigenvalue weighted by Gasteiger charge is -2.02. The van der Waals surface area contributed by atoms with Gasteiger partial charge in [0.15, 0.2) is 11.8 Å². The second kappa shape index (κ2) is 9.21. The molecule has 0 amide bonds. The molecule has 120 valence electrons. The lowest BCUT2D eigenvalue weighted by atomic mass is 10.3. The number of nitrogens with zero attached hydrogens (tertiary/aromatic N) is 6. The minimum Gasteiger partial charge on any atom is -0.395 e. The first-order chi connectivity index (χ1) is 11.3. The van der Waals surface area contributed by atoms with Crippen LogP contribution in [0, 0.1) is 0 Å². The Morgan fingerprint density at radius 3 is 2.87 bits per heavy atom. The number of hydrogen-bond donors (Lipinski definition) is 2. The molecule has 23 heavy (non-hydrogen) atoms. The number of aliphatic hydroxyl groups is 1. The van der Waals surface area contributed by atoms with Crippen LogP contribution in [0.2, 0.25) is 0 Å². The number of aromatic nitrogens is 2. The van der Waals surface area contributed by atoms with Gasteiger partial charge in [0.2, 0.25) is 11.9 Å². The maximum atomic E-state index is 9.53. The van der Waals surface area contributed by atoms with Crippen LogP contribution in [0.1, 0.15) is 5.69 Å². The fourth-order valence-electron chi connectivity index (χ4n) is 1.89. The van der Waals surface area contributed by atoms with Crippen molar-refractivity contribution >= 4 is 6.34 Å². The maximum Gasteiger partial charge on any atom is 0.236 e. The Kier molecular flexibility index (Phi) is 6.61. The summed E-state index contributed by atoms with van der Waals surface area (Å²) in [6, 6.07) is 10.9. The maximum absolute atomic E-state index is 9.53. The molecule has 2 rings (SSSR count). The summed E-state index contributed by atoms with van der Waals surface area (Å²) in [5.74, 6) is 0. The highest BCUT2D eigenvalue weighted by molar-refractivity contribution is 5.53. The molecule has 2 heterocycles. The van der Waals surface area contributed by atoms with E-state index in [4.69, 9.17) is 5.11 Å². The standard InChI is InChI=1S/C15H19N6O2/c22-12-11-20-9-3-2-6-15(20)19-18-13-17-16-8-7-14-5-1-4-10-21(14)23/h1-6,9-10,13,22-23H,7-8,11-12H2/q+1. The molecule has 0 fully saturated rings. The van der Waals surface area contributed by atoms with Gasteiger partial charge < -0.3 is 9.67 Å². The summed E-state index contributed by atoms with van der Waals surface area (Å²) >= 11 is 0. The van der Waals surface area contributed by atoms with Crippen molar-refractivity contribution in [2.45, 2.75) is 13.0 Å². The summed E-state index contributed by atoms with van der Waals surface area (Å²) in [6.07, 6.45) is 5.21. The molecule has 0 unspecified atom stereocenters. The zero-order valence-electron chi connectivity index (χ0n) is 12.6. The van der Waals surface area contributed by atoms with Crippen LogP contribution in [-0.2, 0) is 13.0 Å². The van der Waals surface area contributed by atoms with Crippen LogP contribution in [-0.4, -0.2) is 34.4 Å². The van der Waals surface area contributed by atoms with Gasteiger partial charge >= 0.3 is 0 Å². The smallest absolute Gasteiger partial charge is 0.236 e. The van der Waals surface area contributed by atoms with Crippen molar-refractivity contribution < 1.29 is 15.0 Å². The van der Waals surface area contributed by atoms with Gasteiger partial charge in [0.25, 0.3) is 0 Å². The van der Waals surface area contributed by atoms with E-state index >= 15 is 0 Å². The molecule has 8 heteroatoms. The van der Waals surface area contributed by atoms with E-state index in [0.29, 0.717) is 25.0 Å². The third-order valence-electron chi connectivity index (χ3n) is 2.99. The van der Waals surface area contributed by atoms with E-state index < -0.39 is 0 Å². The van der Waals surface area contributed by atoms with Gasteiger partial charge in [0.05, 0.1) is 19.6 Å². The third kappa shape index (κ3) is 5.44. The van der Waals surface area contributed by atoms with Gasteiger partial charge in [0.1, 0.15) is 0 Å². The van der Waals surface area contributed by atoms with Gasteiger partial charge in [-0.25, -0.2) is 0 Å². The number of aliphatic hydroxyl groups excluding tert-OH is 1. The summed E-state index contributed by atoms with van der Waals surface area (Å²) < 4.78 is 2.85. The SMILES string of the molecule is OCCn1ccccc1=NN=CN=NCCc1cccc[n+]1O. The van der Waals surface area contributed by atoms with Crippen molar-refractivity contribution in [3.63, 3.8) is 0 Å². The summed E-state index contributed by atoms with van der Waals surface area (Å²) in [4.78, 5) is 0. The highest BCUT2D eigenvalue weighted by Gasteiger charge is 2.06. The minimum absolute atomic E-state index is 0.0327. The Balaban J connectivity index is 1.87. The average Bonchev–Trinajstić information content (AvgIpc) is 2.57. The fraction of sp³-hybridized carbons (Fsp3) is 0.267. The van der Waals surface area contributed by atoms with Gasteiger partial charge in [-0.3, -0.25) is 5.21 Å². The number of rotatable bonds is 7. The van der Waals surface area contributed by atoms with E-state index in [9.17, 15) is 5.21 Å². The molecule has 0 saturated heterocycles. The summed E-state index contributed by atoms with van der Waals surface area (Å²) in [5, 5.41) is 34.1. The fourth-order valence-corrected chi connectivity index (χ4v) is 1.89. The van der Waals surface area contributed by atoms with Crippen LogP contribution in [0.4, 0.5) is 0 Å². The van der Waals surface area contributed by atoms with Crippen LogP contribution >= 0.6 is 0 Å². The number of hydrogen-bond acceptors (Lipinski definition) is 5. The van der Waals surface area contributed by atoms with Crippen molar-refractivity contribution in [2.75, 3.05) is 13.2 Å². The molecule has 0 aliphatic rings. The number of pyridine rings is 2. The Hall–Kier alpha value is -2.87. The zero-order valence-corrected chi connectivity index (χ0v) is 12.6. The largest absolute Gasteiger partial charge is 0.395 e. The van der Waals surface area contributed by atoms with E-state index in [1.807, 2.05) is 30.5 Å². The van der Waals surface area contributed by atoms with Gasteiger partial charge in [-0.1, -0.05) is 6.07 Å². The Morgan fingerprint density at radius 2 is 2.04 bits per heavy atom. The molecule has 2 aromatic heterocycles. The predicted molar refractivity (Wildman–Crippen MR) is 82.8 cm³/mol. The van der Waals surface area contributed by atoms with Crippen molar-refractivity contribution in [1.29, 1.82) is 0 Å². The molecule has 0 aromatic carbocycles. The van der Waals surface area contributed by atoms with Crippen LogP contribution in [0.25, 0.3) is 0 Å². The first kappa shape index (κ1) is 16.5. The van der Waals surface area contributed by atoms with E-state index in [1.165, 1.54) is 6.34 Å². The van der Waals surface area contributed by atoms with Crippen molar-refractivity contribution in [3.05, 3.63) is 60.0 Å². The zero-order chi connectivity index (χ0) is 16.3. The van der Waals surface area contributed by atoms with Crippen LogP contribution in [0.5, 0.6) is 0 Å². The summed E-state index contributed by atoms with van der Waals surface area (Å²) in [5.41, 5.74) is 1.38. The summed E-state index contributed by atoms with van der Waals surface area (Å²) in [7, 11) is 0. The molecule has 2 N–H and O–H groups in total. The Bertz CT molecular complexity index is 738. The van der Waals surface area contributed by atoms with Crippen molar-refractivity contribution in [1.82, 2.24) is 4.57 Å². The van der Waals surface area contributed by atoms with E-state index in [2.05, 4.69) is 20.4 Å². The molecular weight excluding hydrogens is 296 g/mol. The molecular formula is C15H19N6O2+. The topological polar surface area (TPSA) is 98.7 Å². The molecule has 0 spiro atoms. The molecule has 2 aromatic rings. The Labute approximate surface area is 133 Å². The quantitative estimate of drug-likeness (QED) is 0.195. The Morgan fingerprint density at radius 1 is 1.17 bits per heavy atom. The van der Waals surface area contributed by atoms with E-state index in [1.54, 1.807) is 22.9 Å². The van der Waals surface area contributed by atoms with Gasteiger partial charge in [-0.15, -0.1) is 15.3 Å². The van der Waals surface area contributed by atoms with Gasteiger partial charge in [-0.05, 0) is 18.2 Å². The molecule has 0 saturated carbocycles. The average molecular weight is 315 g/mol. The highest BCUT2D eigenvalue weighted by atomic mass is 16.5. The second-order valence-electron chi connectivity index (χ2n) is 4.57. The molecule has 8 nitrogen and oxygen atoms in total. The number of azo groups is 1. The van der Waals surface area contributed by atoms with Crippen LogP contribution < -0.4 is 10.2 Å². The summed E-state index contributed by atoms with van der Waals surface area (Å²) in [6.45, 7) is 0.923. The first-order valence-corrected chi connectivity index (χ1v) is 7.18. The molecule has 0 atom stereocenters. The molecule has 0 radical (unpaired) electrons. The van der Waals surface area contributed by atoms with Crippen molar-refractivity contribution in [2.24, 2.45) is 20.4 Å². The van der Waals surface area contributed by atoms with Crippen molar-refractivity contribution in [3.8, 4) is 0 Å². The van der Waals surface area contributed by atoms with Crippen LogP contribution in [0.3, 0.4) is 0 Å². The normalized spacial score (nSPS) is 12.5. The van der Waals surface area contributed by atoms with E-state index in [0.717, 1.165) is 10.4 Å². The van der Waals surface area contributed by atoms with E-state index in [-0.39, 0.29) is 6.61 Å². The highest BCUT2D eigenvalue weighted by Crippen LogP contribution is 1.92. The monoisotopic (exact) mass is 315 g/mol. The van der Waals surface area contributed by atoms with Gasteiger partial charge in [-0.2, -0.15) is 5.11 Å². The molecule has 0 aliphatic heterocycles. The molecule has 0 bridgehead atoms. The predicted octanol–water partition coefficient (Wildman–Crippen LogP) is 0.544.